The van der Waals surface area contributed by atoms with Crippen LogP contribution < -0.4 is 0 Å². The number of hydrogen-bond donors (Lipinski definition) is 1. The van der Waals surface area contributed by atoms with Crippen LogP contribution in [0.4, 0.5) is 0 Å². The molecule has 0 fully saturated rings. The van der Waals surface area contributed by atoms with E-state index >= 15 is 0 Å². The van der Waals surface area contributed by atoms with Gasteiger partial charge in [0.05, 0.1) is 6.54 Å². The Bertz CT molecular complexity index is 696. The highest BCUT2D eigenvalue weighted by Gasteiger charge is 2.13. The van der Waals surface area contributed by atoms with Crippen LogP contribution in [0.3, 0.4) is 0 Å². The maximum atomic E-state index is 12.1. The average molecular weight is 404 g/mol. The smallest absolute Gasteiger partial charge is 0.317 e. The van der Waals surface area contributed by atoms with Gasteiger partial charge in [-0.2, -0.15) is 0 Å². The number of nitrogens with zero attached hydrogens (tertiary/aromatic N) is 1. The van der Waals surface area contributed by atoms with Crippen molar-refractivity contribution < 1.29 is 19.5 Å². The van der Waals surface area contributed by atoms with Crippen molar-refractivity contribution >= 4 is 39.7 Å². The summed E-state index contributed by atoms with van der Waals surface area (Å²) in [7, 11) is 0. The Labute approximate surface area is 167 Å². The molecule has 2 aromatic rings. The second-order valence-electron chi connectivity index (χ2n) is 5.67. The molecule has 142 valence electrons. The molecule has 2 rings (SSSR count). The summed E-state index contributed by atoms with van der Waals surface area (Å²) in [5.41, 5.74) is 1.27. The molecule has 0 atom stereocenters. The Kier molecular flexibility index (Phi) is 9.10. The summed E-state index contributed by atoms with van der Waals surface area (Å²) >= 11 is 2.35. The molecule has 0 saturated heterocycles. The molecule has 2 aromatic carbocycles. The summed E-state index contributed by atoms with van der Waals surface area (Å²) in [4.78, 5) is 37.0. The van der Waals surface area contributed by atoms with E-state index in [0.717, 1.165) is 0 Å². The van der Waals surface area contributed by atoms with Gasteiger partial charge in [-0.3, -0.25) is 19.3 Å². The van der Waals surface area contributed by atoms with Gasteiger partial charge in [-0.25, -0.2) is 0 Å². The number of hydrogen-bond acceptors (Lipinski definition) is 6. The maximum Gasteiger partial charge on any atom is 0.317 e. The summed E-state index contributed by atoms with van der Waals surface area (Å²) in [6, 6.07) is 18.0. The molecule has 0 saturated carbocycles. The van der Waals surface area contributed by atoms with Crippen LogP contribution in [0.2, 0.25) is 0 Å². The first-order chi connectivity index (χ1) is 13.1. The zero-order valence-electron chi connectivity index (χ0n) is 14.7. The number of rotatable bonds is 10. The number of aliphatic carboxylic acids is 1. The highest BCUT2D eigenvalue weighted by Crippen LogP contribution is 2.14. The Hall–Kier alpha value is -2.09. The molecule has 0 heterocycles. The van der Waals surface area contributed by atoms with Crippen molar-refractivity contribution in [1.29, 1.82) is 0 Å². The molecule has 0 amide bonds. The average Bonchev–Trinajstić information content (AvgIpc) is 2.68. The Morgan fingerprint density at radius 1 is 0.741 bits per heavy atom. The summed E-state index contributed by atoms with van der Waals surface area (Å²) in [5.74, 6) is 0.0742. The summed E-state index contributed by atoms with van der Waals surface area (Å²) in [5, 5.41) is 9.01. The van der Waals surface area contributed by atoms with Crippen LogP contribution in [0.15, 0.2) is 60.7 Å². The van der Waals surface area contributed by atoms with Crippen LogP contribution in [-0.2, 0) is 4.79 Å². The van der Waals surface area contributed by atoms with E-state index in [1.165, 1.54) is 23.5 Å². The van der Waals surface area contributed by atoms with Crippen LogP contribution in [0.25, 0.3) is 0 Å². The van der Waals surface area contributed by atoms with Crippen LogP contribution in [0.5, 0.6) is 0 Å². The number of carboxylic acid groups (broad SMARTS) is 1. The van der Waals surface area contributed by atoms with Crippen LogP contribution in [0, 0.1) is 0 Å². The van der Waals surface area contributed by atoms with Crippen molar-refractivity contribution in [2.75, 3.05) is 31.1 Å². The number of carbonyl (C=O) groups is 3. The van der Waals surface area contributed by atoms with E-state index in [-0.39, 0.29) is 16.8 Å². The van der Waals surface area contributed by atoms with E-state index in [9.17, 15) is 14.4 Å². The zero-order chi connectivity index (χ0) is 19.5. The van der Waals surface area contributed by atoms with E-state index in [2.05, 4.69) is 0 Å². The first kappa shape index (κ1) is 21.2. The molecule has 0 radical (unpaired) electrons. The van der Waals surface area contributed by atoms with Crippen molar-refractivity contribution in [1.82, 2.24) is 4.90 Å². The van der Waals surface area contributed by atoms with Crippen LogP contribution >= 0.6 is 23.5 Å². The molecule has 5 nitrogen and oxygen atoms in total. The molecule has 0 aliphatic carbocycles. The van der Waals surface area contributed by atoms with Gasteiger partial charge in [0.2, 0.25) is 10.2 Å². The number of carbonyl (C=O) groups excluding carboxylic acids is 2. The highest BCUT2D eigenvalue weighted by atomic mass is 32.2. The van der Waals surface area contributed by atoms with Gasteiger partial charge in [-0.05, 0) is 0 Å². The van der Waals surface area contributed by atoms with Gasteiger partial charge < -0.3 is 5.11 Å². The van der Waals surface area contributed by atoms with Gasteiger partial charge in [0, 0.05) is 35.7 Å². The lowest BCUT2D eigenvalue weighted by atomic mass is 10.2. The van der Waals surface area contributed by atoms with Gasteiger partial charge >= 0.3 is 5.97 Å². The minimum atomic E-state index is -0.922. The summed E-state index contributed by atoms with van der Waals surface area (Å²) < 4.78 is 0. The SMILES string of the molecule is O=C(O)CN(CCSC(=O)c1ccccc1)CCSC(=O)c1ccccc1. The Morgan fingerprint density at radius 3 is 1.52 bits per heavy atom. The third kappa shape index (κ3) is 7.99. The standard InChI is InChI=1S/C20H21NO4S2/c22-18(23)15-21(11-13-26-19(24)16-7-3-1-4-8-16)12-14-27-20(25)17-9-5-2-6-10-17/h1-10H,11-15H2,(H,22,23). The normalized spacial score (nSPS) is 10.7. The van der Waals surface area contributed by atoms with E-state index in [1.807, 2.05) is 36.4 Å². The van der Waals surface area contributed by atoms with Crippen molar-refractivity contribution in [3.8, 4) is 0 Å². The molecule has 27 heavy (non-hydrogen) atoms. The Morgan fingerprint density at radius 2 is 1.15 bits per heavy atom. The number of carboxylic acids is 1. The second-order valence-corrected chi connectivity index (χ2v) is 7.81. The lowest BCUT2D eigenvalue weighted by Crippen LogP contribution is -2.34. The van der Waals surface area contributed by atoms with E-state index < -0.39 is 5.97 Å². The second kappa shape index (κ2) is 11.6. The molecular formula is C20H21NO4S2. The number of benzene rings is 2. The van der Waals surface area contributed by atoms with Gasteiger partial charge in [0.1, 0.15) is 0 Å². The van der Waals surface area contributed by atoms with Crippen LogP contribution in [-0.4, -0.2) is 57.3 Å². The predicted molar refractivity (Wildman–Crippen MR) is 111 cm³/mol. The number of thioether (sulfide) groups is 2. The minimum absolute atomic E-state index is 0.0282. The molecule has 7 heteroatoms. The molecule has 0 aliphatic heterocycles. The first-order valence-corrected chi connectivity index (χ1v) is 10.4. The van der Waals surface area contributed by atoms with Crippen molar-refractivity contribution in [3.05, 3.63) is 71.8 Å². The van der Waals surface area contributed by atoms with Crippen LogP contribution in [0.1, 0.15) is 20.7 Å². The monoisotopic (exact) mass is 403 g/mol. The molecule has 0 unspecified atom stereocenters. The molecular weight excluding hydrogens is 382 g/mol. The lowest BCUT2D eigenvalue weighted by Gasteiger charge is -2.19. The zero-order valence-corrected chi connectivity index (χ0v) is 16.4. The minimum Gasteiger partial charge on any atom is -0.480 e. The van der Waals surface area contributed by atoms with Gasteiger partial charge in [-0.15, -0.1) is 0 Å². The fourth-order valence-electron chi connectivity index (χ4n) is 2.31. The van der Waals surface area contributed by atoms with E-state index in [0.29, 0.717) is 35.7 Å². The van der Waals surface area contributed by atoms with Gasteiger partial charge in [0.15, 0.2) is 0 Å². The van der Waals surface area contributed by atoms with E-state index in [1.54, 1.807) is 29.2 Å². The molecule has 0 aromatic heterocycles. The first-order valence-electron chi connectivity index (χ1n) is 8.45. The molecule has 0 spiro atoms. The fraction of sp³-hybridized carbons (Fsp3) is 0.250. The quantitative estimate of drug-likeness (QED) is 0.650. The largest absolute Gasteiger partial charge is 0.480 e. The highest BCUT2D eigenvalue weighted by molar-refractivity contribution is 8.14. The van der Waals surface area contributed by atoms with E-state index in [4.69, 9.17) is 5.11 Å². The molecule has 0 bridgehead atoms. The molecule has 0 aliphatic rings. The van der Waals surface area contributed by atoms with Gasteiger partial charge in [0.25, 0.3) is 0 Å². The third-order valence-electron chi connectivity index (χ3n) is 3.66. The lowest BCUT2D eigenvalue weighted by molar-refractivity contribution is -0.138. The summed E-state index contributed by atoms with van der Waals surface area (Å²) in [6.07, 6.45) is 0. The summed E-state index contributed by atoms with van der Waals surface area (Å²) in [6.45, 7) is 0.825. The topological polar surface area (TPSA) is 74.7 Å². The van der Waals surface area contributed by atoms with Crippen molar-refractivity contribution in [3.63, 3.8) is 0 Å². The third-order valence-corrected chi connectivity index (χ3v) is 5.43. The predicted octanol–water partition coefficient (Wildman–Crippen LogP) is 3.52. The van der Waals surface area contributed by atoms with Gasteiger partial charge in [-0.1, -0.05) is 84.2 Å². The maximum absolute atomic E-state index is 12.1. The Balaban J connectivity index is 1.76. The van der Waals surface area contributed by atoms with Crippen molar-refractivity contribution in [2.45, 2.75) is 0 Å². The van der Waals surface area contributed by atoms with Crippen molar-refractivity contribution in [2.24, 2.45) is 0 Å². The molecule has 1 N–H and O–H groups in total. The fourth-order valence-corrected chi connectivity index (χ4v) is 3.99.